The molecule has 0 unspecified atom stereocenters. The summed E-state index contributed by atoms with van der Waals surface area (Å²) in [5, 5.41) is 12.1. The zero-order valence-corrected chi connectivity index (χ0v) is 15.0. The molecule has 0 amide bonds. The monoisotopic (exact) mass is 344 g/mol. The normalized spacial score (nSPS) is 23.5. The third-order valence-corrected chi connectivity index (χ3v) is 6.83. The SMILES string of the molecule is CC[C@@H]1CN(S(=O)(=O)C(C)C)CC[C@H]1NCc1ccc(CO)o1. The Bertz CT molecular complexity index is 597. The summed E-state index contributed by atoms with van der Waals surface area (Å²) in [7, 11) is -3.17. The van der Waals surface area contributed by atoms with Crippen LogP contribution in [-0.2, 0) is 23.2 Å². The molecule has 0 bridgehead atoms. The van der Waals surface area contributed by atoms with E-state index in [0.29, 0.717) is 31.3 Å². The summed E-state index contributed by atoms with van der Waals surface area (Å²) in [5.74, 6) is 1.65. The second-order valence-corrected chi connectivity index (χ2v) is 8.91. The zero-order valence-electron chi connectivity index (χ0n) is 14.2. The highest BCUT2D eigenvalue weighted by Crippen LogP contribution is 2.24. The standard InChI is InChI=1S/C16H28N2O4S/c1-4-13-10-18(23(20,21)12(2)3)8-7-16(13)17-9-14-5-6-15(11-19)22-14/h5-6,12-13,16-17,19H,4,7-11H2,1-3H3/t13-,16-/m1/s1. The van der Waals surface area contributed by atoms with E-state index in [1.54, 1.807) is 24.2 Å². The maximum Gasteiger partial charge on any atom is 0.216 e. The van der Waals surface area contributed by atoms with E-state index in [4.69, 9.17) is 9.52 Å². The molecule has 23 heavy (non-hydrogen) atoms. The average Bonchev–Trinajstić information content (AvgIpc) is 3.00. The fourth-order valence-corrected chi connectivity index (χ4v) is 4.40. The average molecular weight is 344 g/mol. The Morgan fingerprint density at radius 2 is 2.09 bits per heavy atom. The third kappa shape index (κ3) is 4.35. The van der Waals surface area contributed by atoms with Crippen molar-refractivity contribution in [3.63, 3.8) is 0 Å². The van der Waals surface area contributed by atoms with E-state index in [2.05, 4.69) is 12.2 Å². The summed E-state index contributed by atoms with van der Waals surface area (Å²) in [6, 6.07) is 3.91. The molecule has 0 aliphatic carbocycles. The predicted molar refractivity (Wildman–Crippen MR) is 89.3 cm³/mol. The lowest BCUT2D eigenvalue weighted by Crippen LogP contribution is -2.51. The van der Waals surface area contributed by atoms with Crippen molar-refractivity contribution in [2.45, 2.75) is 58.1 Å². The Kier molecular flexibility index (Phi) is 6.25. The predicted octanol–water partition coefficient (Wildman–Crippen LogP) is 1.70. The van der Waals surface area contributed by atoms with Gasteiger partial charge in [-0.2, -0.15) is 0 Å². The molecule has 2 heterocycles. The molecular formula is C16H28N2O4S. The molecule has 0 radical (unpaired) electrons. The number of aliphatic hydroxyl groups excluding tert-OH is 1. The number of rotatable bonds is 7. The van der Waals surface area contributed by atoms with E-state index < -0.39 is 10.0 Å². The number of piperidine rings is 1. The molecule has 1 saturated heterocycles. The van der Waals surface area contributed by atoms with Crippen LogP contribution in [0.25, 0.3) is 0 Å². The quantitative estimate of drug-likeness (QED) is 0.787. The van der Waals surface area contributed by atoms with E-state index in [1.165, 1.54) is 0 Å². The highest BCUT2D eigenvalue weighted by atomic mass is 32.2. The van der Waals surface area contributed by atoms with E-state index in [0.717, 1.165) is 18.6 Å². The summed E-state index contributed by atoms with van der Waals surface area (Å²) < 4.78 is 31.8. The Balaban J connectivity index is 1.94. The highest BCUT2D eigenvalue weighted by molar-refractivity contribution is 7.89. The highest BCUT2D eigenvalue weighted by Gasteiger charge is 2.35. The van der Waals surface area contributed by atoms with Gasteiger partial charge in [0.1, 0.15) is 18.1 Å². The van der Waals surface area contributed by atoms with Gasteiger partial charge in [-0.3, -0.25) is 0 Å². The minimum absolute atomic E-state index is 0.0942. The Morgan fingerprint density at radius 1 is 1.39 bits per heavy atom. The van der Waals surface area contributed by atoms with Gasteiger partial charge in [0.2, 0.25) is 10.0 Å². The molecule has 132 valence electrons. The van der Waals surface area contributed by atoms with Gasteiger partial charge >= 0.3 is 0 Å². The Hall–Kier alpha value is -0.890. The lowest BCUT2D eigenvalue weighted by molar-refractivity contribution is 0.195. The number of hydrogen-bond donors (Lipinski definition) is 2. The number of aliphatic hydroxyl groups is 1. The third-order valence-electron chi connectivity index (χ3n) is 4.59. The lowest BCUT2D eigenvalue weighted by Gasteiger charge is -2.38. The second-order valence-electron chi connectivity index (χ2n) is 6.42. The first kappa shape index (κ1) is 18.4. The van der Waals surface area contributed by atoms with Crippen LogP contribution in [0.4, 0.5) is 0 Å². The van der Waals surface area contributed by atoms with Gasteiger partial charge in [-0.1, -0.05) is 13.3 Å². The molecule has 0 spiro atoms. The van der Waals surface area contributed by atoms with Gasteiger partial charge in [0.25, 0.3) is 0 Å². The van der Waals surface area contributed by atoms with E-state index in [-0.39, 0.29) is 17.9 Å². The molecule has 1 aliphatic rings. The summed E-state index contributed by atoms with van der Waals surface area (Å²) in [4.78, 5) is 0. The molecule has 0 saturated carbocycles. The van der Waals surface area contributed by atoms with E-state index >= 15 is 0 Å². The van der Waals surface area contributed by atoms with Gasteiger partial charge in [-0.05, 0) is 38.3 Å². The minimum Gasteiger partial charge on any atom is -0.462 e. The summed E-state index contributed by atoms with van der Waals surface area (Å²) >= 11 is 0. The smallest absolute Gasteiger partial charge is 0.216 e. The van der Waals surface area contributed by atoms with Crippen molar-refractivity contribution in [1.29, 1.82) is 0 Å². The van der Waals surface area contributed by atoms with Crippen LogP contribution in [-0.4, -0.2) is 42.2 Å². The first-order valence-electron chi connectivity index (χ1n) is 8.29. The largest absolute Gasteiger partial charge is 0.462 e. The number of nitrogens with one attached hydrogen (secondary N) is 1. The maximum atomic E-state index is 12.3. The van der Waals surface area contributed by atoms with Crippen molar-refractivity contribution in [2.75, 3.05) is 13.1 Å². The number of hydrogen-bond acceptors (Lipinski definition) is 5. The van der Waals surface area contributed by atoms with Crippen LogP contribution < -0.4 is 5.32 Å². The summed E-state index contributed by atoms with van der Waals surface area (Å²) in [6.45, 7) is 7.21. The molecule has 0 aromatic carbocycles. The first-order valence-corrected chi connectivity index (χ1v) is 9.79. The summed E-state index contributed by atoms with van der Waals surface area (Å²) in [5.41, 5.74) is 0. The van der Waals surface area contributed by atoms with Gasteiger partial charge < -0.3 is 14.8 Å². The van der Waals surface area contributed by atoms with Crippen LogP contribution in [0.1, 0.15) is 45.1 Å². The second kappa shape index (κ2) is 7.79. The molecule has 7 heteroatoms. The van der Waals surface area contributed by atoms with Crippen LogP contribution in [0.2, 0.25) is 0 Å². The Morgan fingerprint density at radius 3 is 2.65 bits per heavy atom. The topological polar surface area (TPSA) is 82.8 Å². The molecule has 2 rings (SSSR count). The van der Waals surface area contributed by atoms with Crippen LogP contribution >= 0.6 is 0 Å². The maximum absolute atomic E-state index is 12.3. The van der Waals surface area contributed by atoms with Crippen molar-refractivity contribution >= 4 is 10.0 Å². The number of sulfonamides is 1. The van der Waals surface area contributed by atoms with Crippen molar-refractivity contribution in [3.05, 3.63) is 23.7 Å². The lowest BCUT2D eigenvalue weighted by atomic mass is 9.91. The van der Waals surface area contributed by atoms with Gasteiger partial charge in [-0.25, -0.2) is 12.7 Å². The minimum atomic E-state index is -3.17. The molecular weight excluding hydrogens is 316 g/mol. The summed E-state index contributed by atoms with van der Waals surface area (Å²) in [6.07, 6.45) is 1.74. The Labute approximate surface area is 138 Å². The molecule has 6 nitrogen and oxygen atoms in total. The zero-order chi connectivity index (χ0) is 17.0. The van der Waals surface area contributed by atoms with Crippen LogP contribution in [0, 0.1) is 5.92 Å². The first-order chi connectivity index (χ1) is 10.9. The van der Waals surface area contributed by atoms with E-state index in [9.17, 15) is 8.42 Å². The number of furan rings is 1. The van der Waals surface area contributed by atoms with Crippen molar-refractivity contribution in [2.24, 2.45) is 5.92 Å². The molecule has 1 aromatic rings. The van der Waals surface area contributed by atoms with Crippen LogP contribution in [0.15, 0.2) is 16.5 Å². The van der Waals surface area contributed by atoms with Crippen molar-refractivity contribution < 1.29 is 17.9 Å². The van der Waals surface area contributed by atoms with Crippen LogP contribution in [0.3, 0.4) is 0 Å². The number of nitrogens with zero attached hydrogens (tertiary/aromatic N) is 1. The van der Waals surface area contributed by atoms with Crippen molar-refractivity contribution in [1.82, 2.24) is 9.62 Å². The van der Waals surface area contributed by atoms with Crippen LogP contribution in [0.5, 0.6) is 0 Å². The van der Waals surface area contributed by atoms with Gasteiger partial charge in [0.05, 0.1) is 11.8 Å². The molecule has 1 fully saturated rings. The fraction of sp³-hybridized carbons (Fsp3) is 0.750. The molecule has 1 aliphatic heterocycles. The van der Waals surface area contributed by atoms with Crippen molar-refractivity contribution in [3.8, 4) is 0 Å². The molecule has 1 aromatic heterocycles. The van der Waals surface area contributed by atoms with Gasteiger partial charge in [0, 0.05) is 19.1 Å². The van der Waals surface area contributed by atoms with Gasteiger partial charge in [0.15, 0.2) is 0 Å². The van der Waals surface area contributed by atoms with Gasteiger partial charge in [-0.15, -0.1) is 0 Å². The molecule has 2 N–H and O–H groups in total. The molecule has 2 atom stereocenters. The van der Waals surface area contributed by atoms with E-state index in [1.807, 2.05) is 6.07 Å². The fourth-order valence-electron chi connectivity index (χ4n) is 3.04.